The summed E-state index contributed by atoms with van der Waals surface area (Å²) in [6, 6.07) is 0.0772. The topological polar surface area (TPSA) is 77.2 Å². The number of carbonyl (C=O) groups excluding carboxylic acids is 1. The third-order valence-corrected chi connectivity index (χ3v) is 5.43. The third-order valence-electron chi connectivity index (χ3n) is 4.37. The van der Waals surface area contributed by atoms with Crippen molar-refractivity contribution in [3.8, 4) is 0 Å². The van der Waals surface area contributed by atoms with Gasteiger partial charge >= 0.3 is 6.03 Å². The minimum absolute atomic E-state index is 0.0306. The number of amides is 2. The molecule has 130 valence electrons. The van der Waals surface area contributed by atoms with E-state index < -0.39 is 0 Å². The smallest absolute Gasteiger partial charge is 0.318 e. The van der Waals surface area contributed by atoms with E-state index in [0.717, 1.165) is 47.2 Å². The Morgan fingerprint density at radius 2 is 2.29 bits per heavy atom. The second-order valence-electron chi connectivity index (χ2n) is 6.37. The van der Waals surface area contributed by atoms with Gasteiger partial charge in [-0.15, -0.1) is 11.3 Å². The summed E-state index contributed by atoms with van der Waals surface area (Å²) in [5, 5.41) is 13.2. The number of aromatic nitrogens is 3. The quantitative estimate of drug-likeness (QED) is 0.890. The Kier molecular flexibility index (Phi) is 4.75. The Balaban J connectivity index is 1.65. The molecule has 2 aromatic heterocycles. The molecule has 1 aliphatic rings. The summed E-state index contributed by atoms with van der Waals surface area (Å²) in [7, 11) is 3.93. The van der Waals surface area contributed by atoms with Crippen molar-refractivity contribution in [1.29, 1.82) is 0 Å². The van der Waals surface area contributed by atoms with Crippen molar-refractivity contribution in [2.75, 3.05) is 25.5 Å². The zero-order valence-corrected chi connectivity index (χ0v) is 15.4. The van der Waals surface area contributed by atoms with E-state index in [1.165, 1.54) is 0 Å². The molecule has 0 radical (unpaired) electrons. The van der Waals surface area contributed by atoms with Gasteiger partial charge in [-0.3, -0.25) is 5.10 Å². The second kappa shape index (κ2) is 6.80. The normalized spacial score (nSPS) is 17.3. The van der Waals surface area contributed by atoms with Crippen LogP contribution in [0, 0.1) is 13.8 Å². The molecule has 0 aliphatic carbocycles. The van der Waals surface area contributed by atoms with Crippen molar-refractivity contribution in [2.45, 2.75) is 39.3 Å². The zero-order chi connectivity index (χ0) is 17.3. The lowest BCUT2D eigenvalue weighted by atomic mass is 10.0. The van der Waals surface area contributed by atoms with E-state index in [4.69, 9.17) is 0 Å². The maximum Gasteiger partial charge on any atom is 0.318 e. The molecule has 24 heavy (non-hydrogen) atoms. The summed E-state index contributed by atoms with van der Waals surface area (Å²) in [4.78, 5) is 21.0. The van der Waals surface area contributed by atoms with Crippen molar-refractivity contribution >= 4 is 22.5 Å². The van der Waals surface area contributed by atoms with Crippen LogP contribution in [-0.2, 0) is 6.54 Å². The Morgan fingerprint density at radius 3 is 2.92 bits per heavy atom. The fraction of sp³-hybridized carbons (Fsp3) is 0.562. The predicted molar refractivity (Wildman–Crippen MR) is 95.4 cm³/mol. The molecule has 0 saturated carbocycles. The van der Waals surface area contributed by atoms with Crippen molar-refractivity contribution in [3.05, 3.63) is 28.0 Å². The molecule has 8 heteroatoms. The standard InChI is InChI=1S/C16H24N6OS/c1-10-14(11(2)20-19-10)13-6-5-7-22(13)15(23)17-8-12-9-24-16(18-12)21(3)4/h9,13H,5-8H2,1-4H3,(H,17,23)(H,19,20)/t13-/m0/s1. The number of hydrogen-bond acceptors (Lipinski definition) is 5. The molecule has 3 heterocycles. The lowest BCUT2D eigenvalue weighted by molar-refractivity contribution is 0.192. The third kappa shape index (κ3) is 3.24. The fourth-order valence-electron chi connectivity index (χ4n) is 3.21. The summed E-state index contributed by atoms with van der Waals surface area (Å²) in [6.07, 6.45) is 2.00. The van der Waals surface area contributed by atoms with E-state index in [1.54, 1.807) is 11.3 Å². The number of anilines is 1. The summed E-state index contributed by atoms with van der Waals surface area (Å²) < 4.78 is 0. The highest BCUT2D eigenvalue weighted by Crippen LogP contribution is 2.34. The maximum atomic E-state index is 12.6. The average molecular weight is 348 g/mol. The fourth-order valence-corrected chi connectivity index (χ4v) is 3.97. The summed E-state index contributed by atoms with van der Waals surface area (Å²) in [5.74, 6) is 0. The number of urea groups is 1. The average Bonchev–Trinajstić information content (AvgIpc) is 3.25. The van der Waals surface area contributed by atoms with Gasteiger partial charge in [0.25, 0.3) is 0 Å². The molecule has 3 rings (SSSR count). The first-order valence-electron chi connectivity index (χ1n) is 8.15. The van der Waals surface area contributed by atoms with E-state index in [0.29, 0.717) is 6.54 Å². The first kappa shape index (κ1) is 16.8. The van der Waals surface area contributed by atoms with Gasteiger partial charge in [0.2, 0.25) is 0 Å². The van der Waals surface area contributed by atoms with Crippen molar-refractivity contribution in [2.24, 2.45) is 0 Å². The number of aromatic amines is 1. The van der Waals surface area contributed by atoms with Gasteiger partial charge in [0, 0.05) is 37.3 Å². The van der Waals surface area contributed by atoms with Crippen LogP contribution in [0.2, 0.25) is 0 Å². The first-order valence-corrected chi connectivity index (χ1v) is 9.03. The molecule has 1 fully saturated rings. The van der Waals surface area contributed by atoms with Crippen LogP contribution >= 0.6 is 11.3 Å². The number of rotatable bonds is 4. The molecule has 0 spiro atoms. The van der Waals surface area contributed by atoms with Crippen LogP contribution in [0.4, 0.5) is 9.93 Å². The minimum Gasteiger partial charge on any atom is -0.354 e. The van der Waals surface area contributed by atoms with Gasteiger partial charge in [-0.05, 0) is 26.7 Å². The number of nitrogens with zero attached hydrogens (tertiary/aromatic N) is 4. The molecule has 2 aromatic rings. The summed E-state index contributed by atoms with van der Waals surface area (Å²) in [5.41, 5.74) is 4.08. The Labute approximate surface area is 146 Å². The number of thiazole rings is 1. The number of nitrogens with one attached hydrogen (secondary N) is 2. The van der Waals surface area contributed by atoms with Crippen molar-refractivity contribution in [1.82, 2.24) is 25.4 Å². The molecule has 0 unspecified atom stereocenters. The molecule has 2 amide bonds. The summed E-state index contributed by atoms with van der Waals surface area (Å²) in [6.45, 7) is 5.24. The lowest BCUT2D eigenvalue weighted by Gasteiger charge is -2.25. The Morgan fingerprint density at radius 1 is 1.50 bits per heavy atom. The number of likely N-dealkylation sites (tertiary alicyclic amines) is 1. The molecule has 1 atom stereocenters. The highest BCUT2D eigenvalue weighted by atomic mass is 32.1. The molecular weight excluding hydrogens is 324 g/mol. The number of hydrogen-bond donors (Lipinski definition) is 2. The van der Waals surface area contributed by atoms with Crippen LogP contribution in [0.3, 0.4) is 0 Å². The van der Waals surface area contributed by atoms with E-state index in [1.807, 2.05) is 43.1 Å². The highest BCUT2D eigenvalue weighted by molar-refractivity contribution is 7.13. The van der Waals surface area contributed by atoms with Crippen LogP contribution in [0.1, 0.15) is 41.5 Å². The van der Waals surface area contributed by atoms with E-state index >= 15 is 0 Å². The number of aryl methyl sites for hydroxylation is 2. The van der Waals surface area contributed by atoms with Gasteiger partial charge in [-0.2, -0.15) is 5.10 Å². The molecular formula is C16H24N6OS. The highest BCUT2D eigenvalue weighted by Gasteiger charge is 2.32. The van der Waals surface area contributed by atoms with Gasteiger partial charge in [0.05, 0.1) is 24.0 Å². The maximum absolute atomic E-state index is 12.6. The van der Waals surface area contributed by atoms with Gasteiger partial charge in [0.15, 0.2) is 5.13 Å². The van der Waals surface area contributed by atoms with Gasteiger partial charge in [-0.25, -0.2) is 9.78 Å². The molecule has 0 bridgehead atoms. The minimum atomic E-state index is -0.0306. The molecule has 1 saturated heterocycles. The molecule has 7 nitrogen and oxygen atoms in total. The largest absolute Gasteiger partial charge is 0.354 e. The van der Waals surface area contributed by atoms with Crippen molar-refractivity contribution < 1.29 is 4.79 Å². The van der Waals surface area contributed by atoms with Crippen LogP contribution in [0.5, 0.6) is 0 Å². The Hall–Kier alpha value is -2.09. The van der Waals surface area contributed by atoms with Gasteiger partial charge in [-0.1, -0.05) is 0 Å². The van der Waals surface area contributed by atoms with E-state index in [9.17, 15) is 4.79 Å². The van der Waals surface area contributed by atoms with Crippen LogP contribution in [0.25, 0.3) is 0 Å². The Bertz CT molecular complexity index is 702. The second-order valence-corrected chi connectivity index (χ2v) is 7.21. The number of H-pyrrole nitrogens is 1. The SMILES string of the molecule is Cc1n[nH]c(C)c1[C@@H]1CCCN1C(=O)NCc1csc(N(C)C)n1. The zero-order valence-electron chi connectivity index (χ0n) is 14.6. The first-order chi connectivity index (χ1) is 11.5. The lowest BCUT2D eigenvalue weighted by Crippen LogP contribution is -2.39. The monoisotopic (exact) mass is 348 g/mol. The van der Waals surface area contributed by atoms with Gasteiger partial charge < -0.3 is 15.1 Å². The van der Waals surface area contributed by atoms with Crippen molar-refractivity contribution in [3.63, 3.8) is 0 Å². The predicted octanol–water partition coefficient (Wildman–Crippen LogP) is 2.60. The molecule has 0 aromatic carbocycles. The van der Waals surface area contributed by atoms with E-state index in [2.05, 4.69) is 20.5 Å². The van der Waals surface area contributed by atoms with Crippen LogP contribution in [-0.4, -0.2) is 46.8 Å². The number of carbonyl (C=O) groups is 1. The van der Waals surface area contributed by atoms with E-state index in [-0.39, 0.29) is 12.1 Å². The van der Waals surface area contributed by atoms with Crippen LogP contribution < -0.4 is 10.2 Å². The molecule has 1 aliphatic heterocycles. The van der Waals surface area contributed by atoms with Crippen LogP contribution in [0.15, 0.2) is 5.38 Å². The van der Waals surface area contributed by atoms with Gasteiger partial charge in [0.1, 0.15) is 0 Å². The molecule has 2 N–H and O–H groups in total. The summed E-state index contributed by atoms with van der Waals surface area (Å²) >= 11 is 1.58.